The molecule has 1 saturated heterocycles. The summed E-state index contributed by atoms with van der Waals surface area (Å²) in [7, 11) is -3.25. The van der Waals surface area contributed by atoms with Crippen LogP contribution in [0.5, 0.6) is 0 Å². The fourth-order valence-electron chi connectivity index (χ4n) is 2.80. The SMILES string of the molecule is CCOP(=O)(CCC1(C)NC(=O)N(OCCc2ccccc2)C1=N)OCC. The molecular weight excluding hydrogens is 369 g/mol. The van der Waals surface area contributed by atoms with E-state index in [2.05, 4.69) is 5.32 Å². The van der Waals surface area contributed by atoms with Gasteiger partial charge in [0.2, 0.25) is 0 Å². The van der Waals surface area contributed by atoms with Crippen molar-refractivity contribution < 1.29 is 23.2 Å². The van der Waals surface area contributed by atoms with Crippen LogP contribution in [0.25, 0.3) is 0 Å². The van der Waals surface area contributed by atoms with E-state index in [1.165, 1.54) is 0 Å². The van der Waals surface area contributed by atoms with Crippen LogP contribution in [0.15, 0.2) is 30.3 Å². The highest BCUT2D eigenvalue weighted by molar-refractivity contribution is 7.53. The van der Waals surface area contributed by atoms with Crippen LogP contribution in [0.3, 0.4) is 0 Å². The maximum Gasteiger partial charge on any atom is 0.348 e. The van der Waals surface area contributed by atoms with Crippen LogP contribution in [0.4, 0.5) is 4.79 Å². The monoisotopic (exact) mass is 397 g/mol. The Balaban J connectivity index is 1.93. The van der Waals surface area contributed by atoms with Crippen LogP contribution >= 0.6 is 7.60 Å². The van der Waals surface area contributed by atoms with Crippen molar-refractivity contribution in [1.82, 2.24) is 10.4 Å². The zero-order valence-corrected chi connectivity index (χ0v) is 17.0. The summed E-state index contributed by atoms with van der Waals surface area (Å²) in [5.74, 6) is -0.0138. The third kappa shape index (κ3) is 5.62. The van der Waals surface area contributed by atoms with E-state index in [0.29, 0.717) is 6.42 Å². The topological polar surface area (TPSA) is 101 Å². The highest BCUT2D eigenvalue weighted by atomic mass is 31.2. The predicted molar refractivity (Wildman–Crippen MR) is 103 cm³/mol. The van der Waals surface area contributed by atoms with E-state index in [1.54, 1.807) is 20.8 Å². The standard InChI is InChI=1S/C18H28N3O5P/c1-4-25-27(23,26-5-2)14-12-18(3)16(19)21(17(22)20-18)24-13-11-15-9-7-6-8-10-15/h6-10,19H,4-5,11-14H2,1-3H3,(H,20,22). The van der Waals surface area contributed by atoms with Crippen molar-refractivity contribution in [2.24, 2.45) is 0 Å². The number of hydroxylamine groups is 2. The maximum atomic E-state index is 12.6. The molecule has 0 radical (unpaired) electrons. The van der Waals surface area contributed by atoms with Gasteiger partial charge in [0.1, 0.15) is 0 Å². The first-order valence-electron chi connectivity index (χ1n) is 9.10. The number of urea groups is 1. The molecule has 1 atom stereocenters. The summed E-state index contributed by atoms with van der Waals surface area (Å²) in [6.45, 7) is 6.01. The number of nitrogens with zero attached hydrogens (tertiary/aromatic N) is 1. The third-order valence-electron chi connectivity index (χ3n) is 4.28. The smallest absolute Gasteiger partial charge is 0.323 e. The second-order valence-electron chi connectivity index (χ2n) is 6.39. The van der Waals surface area contributed by atoms with E-state index in [1.807, 2.05) is 30.3 Å². The minimum absolute atomic E-state index is 0.0138. The minimum atomic E-state index is -3.25. The molecule has 0 saturated carbocycles. The lowest BCUT2D eigenvalue weighted by molar-refractivity contribution is -0.0553. The second-order valence-corrected chi connectivity index (χ2v) is 8.58. The normalized spacial score (nSPS) is 20.2. The summed E-state index contributed by atoms with van der Waals surface area (Å²) in [5.41, 5.74) is 0.0917. The van der Waals surface area contributed by atoms with Crippen molar-refractivity contribution in [3.8, 4) is 0 Å². The van der Waals surface area contributed by atoms with Crippen LogP contribution in [0.2, 0.25) is 0 Å². The number of carbonyl (C=O) groups is 1. The van der Waals surface area contributed by atoms with Gasteiger partial charge in [0, 0.05) is 0 Å². The van der Waals surface area contributed by atoms with E-state index in [9.17, 15) is 9.36 Å². The van der Waals surface area contributed by atoms with Crippen molar-refractivity contribution in [3.63, 3.8) is 0 Å². The number of amidine groups is 1. The van der Waals surface area contributed by atoms with Crippen LogP contribution in [-0.4, -0.2) is 48.5 Å². The number of hydrogen-bond acceptors (Lipinski definition) is 6. The van der Waals surface area contributed by atoms with E-state index >= 15 is 0 Å². The van der Waals surface area contributed by atoms with Crippen molar-refractivity contribution >= 4 is 19.5 Å². The molecule has 9 heteroatoms. The molecule has 1 fully saturated rings. The summed E-state index contributed by atoms with van der Waals surface area (Å²) in [4.78, 5) is 17.8. The second kappa shape index (κ2) is 9.46. The summed E-state index contributed by atoms with van der Waals surface area (Å²) in [6.07, 6.45) is 0.970. The summed E-state index contributed by atoms with van der Waals surface area (Å²) in [6, 6.07) is 9.25. The zero-order chi connectivity index (χ0) is 19.9. The molecule has 150 valence electrons. The molecule has 27 heavy (non-hydrogen) atoms. The molecule has 1 heterocycles. The molecule has 0 aromatic heterocycles. The number of amides is 2. The minimum Gasteiger partial charge on any atom is -0.323 e. The molecule has 2 N–H and O–H groups in total. The highest BCUT2D eigenvalue weighted by Gasteiger charge is 2.46. The Labute approximate surface area is 160 Å². The van der Waals surface area contributed by atoms with Crippen molar-refractivity contribution in [1.29, 1.82) is 5.41 Å². The highest BCUT2D eigenvalue weighted by Crippen LogP contribution is 2.49. The van der Waals surface area contributed by atoms with Crippen LogP contribution < -0.4 is 5.32 Å². The maximum absolute atomic E-state index is 12.6. The van der Waals surface area contributed by atoms with Gasteiger partial charge in [0.05, 0.1) is 31.5 Å². The number of rotatable bonds is 11. The molecule has 0 aliphatic carbocycles. The Morgan fingerprint density at radius 1 is 1.19 bits per heavy atom. The van der Waals surface area contributed by atoms with E-state index in [4.69, 9.17) is 19.3 Å². The number of nitrogens with one attached hydrogen (secondary N) is 2. The Morgan fingerprint density at radius 2 is 1.81 bits per heavy atom. The first kappa shape index (κ1) is 21.6. The fraction of sp³-hybridized carbons (Fsp3) is 0.556. The van der Waals surface area contributed by atoms with Crippen LogP contribution in [0.1, 0.15) is 32.8 Å². The number of hydrogen-bond donors (Lipinski definition) is 2. The largest absolute Gasteiger partial charge is 0.348 e. The molecule has 8 nitrogen and oxygen atoms in total. The molecule has 2 amide bonds. The summed E-state index contributed by atoms with van der Waals surface area (Å²) < 4.78 is 23.2. The van der Waals surface area contributed by atoms with Gasteiger partial charge in [-0.05, 0) is 39.2 Å². The molecule has 1 aliphatic rings. The van der Waals surface area contributed by atoms with Gasteiger partial charge in [-0.2, -0.15) is 5.06 Å². The summed E-state index contributed by atoms with van der Waals surface area (Å²) in [5, 5.41) is 12.0. The van der Waals surface area contributed by atoms with Gasteiger partial charge in [-0.25, -0.2) is 4.79 Å². The Bertz CT molecular complexity index is 689. The van der Waals surface area contributed by atoms with Gasteiger partial charge in [-0.1, -0.05) is 30.3 Å². The average Bonchev–Trinajstić information content (AvgIpc) is 2.85. The first-order valence-corrected chi connectivity index (χ1v) is 10.8. The third-order valence-corrected chi connectivity index (χ3v) is 6.36. The summed E-state index contributed by atoms with van der Waals surface area (Å²) >= 11 is 0. The van der Waals surface area contributed by atoms with Gasteiger partial charge in [-0.15, -0.1) is 0 Å². The zero-order valence-electron chi connectivity index (χ0n) is 16.1. The van der Waals surface area contributed by atoms with E-state index in [-0.39, 0.29) is 38.2 Å². The fourth-order valence-corrected chi connectivity index (χ4v) is 4.64. The van der Waals surface area contributed by atoms with Gasteiger partial charge in [0.15, 0.2) is 5.84 Å². The molecule has 1 unspecified atom stereocenters. The van der Waals surface area contributed by atoms with Crippen molar-refractivity contribution in [2.45, 2.75) is 39.2 Å². The lowest BCUT2D eigenvalue weighted by Gasteiger charge is -2.26. The number of carbonyl (C=O) groups excluding carboxylic acids is 1. The van der Waals surface area contributed by atoms with E-state index in [0.717, 1.165) is 10.6 Å². The molecule has 0 bridgehead atoms. The lowest BCUT2D eigenvalue weighted by atomic mass is 9.99. The Morgan fingerprint density at radius 3 is 2.41 bits per heavy atom. The molecule has 2 rings (SSSR count). The van der Waals surface area contributed by atoms with Gasteiger partial charge in [-0.3, -0.25) is 14.8 Å². The lowest BCUT2D eigenvalue weighted by Crippen LogP contribution is -2.44. The van der Waals surface area contributed by atoms with E-state index < -0.39 is 19.2 Å². The van der Waals surface area contributed by atoms with Crippen LogP contribution in [0, 0.1) is 5.41 Å². The van der Waals surface area contributed by atoms with Gasteiger partial charge < -0.3 is 14.4 Å². The predicted octanol–water partition coefficient (Wildman–Crippen LogP) is 3.58. The molecule has 1 aromatic carbocycles. The van der Waals surface area contributed by atoms with Crippen molar-refractivity contribution in [3.05, 3.63) is 35.9 Å². The molecule has 0 spiro atoms. The first-order chi connectivity index (χ1) is 12.8. The quantitative estimate of drug-likeness (QED) is 0.556. The Hall–Kier alpha value is -1.73. The van der Waals surface area contributed by atoms with Gasteiger partial charge >= 0.3 is 13.6 Å². The van der Waals surface area contributed by atoms with Crippen LogP contribution in [-0.2, 0) is 24.9 Å². The van der Waals surface area contributed by atoms with Crippen molar-refractivity contribution in [2.75, 3.05) is 26.0 Å². The molecular formula is C18H28N3O5P. The average molecular weight is 397 g/mol. The van der Waals surface area contributed by atoms with Gasteiger partial charge in [0.25, 0.3) is 0 Å². The molecule has 1 aliphatic heterocycles. The number of benzene rings is 1. The Kier molecular flexibility index (Phi) is 7.56. The molecule has 1 aromatic rings.